The first kappa shape index (κ1) is 22.0. The van der Waals surface area contributed by atoms with Gasteiger partial charge in [-0.1, -0.05) is 22.9 Å². The van der Waals surface area contributed by atoms with Gasteiger partial charge in [0.2, 0.25) is 10.0 Å². The van der Waals surface area contributed by atoms with E-state index in [1.165, 1.54) is 12.1 Å². The molecule has 2 amide bonds. The minimum atomic E-state index is -3.61. The van der Waals surface area contributed by atoms with E-state index in [1.54, 1.807) is 36.7 Å². The molecule has 3 rings (SSSR count). The lowest BCUT2D eigenvalue weighted by Gasteiger charge is -2.10. The predicted molar refractivity (Wildman–Crippen MR) is 116 cm³/mol. The Bertz CT molecular complexity index is 1180. The number of urea groups is 1. The van der Waals surface area contributed by atoms with Crippen molar-refractivity contribution in [3.8, 4) is 0 Å². The van der Waals surface area contributed by atoms with Crippen LogP contribution in [0.25, 0.3) is 11.0 Å². The van der Waals surface area contributed by atoms with Crippen molar-refractivity contribution in [1.29, 1.82) is 0 Å². The van der Waals surface area contributed by atoms with Gasteiger partial charge in [0.25, 0.3) is 0 Å². The van der Waals surface area contributed by atoms with E-state index < -0.39 is 16.1 Å². The van der Waals surface area contributed by atoms with Crippen LogP contribution in [0.4, 0.5) is 10.5 Å². The number of hydrogen-bond donors (Lipinski definition) is 3. The van der Waals surface area contributed by atoms with Crippen LogP contribution in [0.3, 0.4) is 0 Å². The van der Waals surface area contributed by atoms with E-state index >= 15 is 0 Å². The maximum atomic E-state index is 12.3. The van der Waals surface area contributed by atoms with Gasteiger partial charge in [-0.25, -0.2) is 22.6 Å². The first-order valence-corrected chi connectivity index (χ1v) is 11.2. The number of aryl methyl sites for hydroxylation is 1. The molecule has 3 N–H and O–H groups in total. The molecule has 1 aromatic heterocycles. The first-order valence-electron chi connectivity index (χ1n) is 9.32. The first-order chi connectivity index (χ1) is 14.2. The molecule has 2 aromatic carbocycles. The van der Waals surface area contributed by atoms with E-state index in [2.05, 4.69) is 25.7 Å². The number of nitrogens with zero attached hydrogens (tertiary/aromatic N) is 3. The molecule has 11 heteroatoms. The molecular weight excluding hydrogens is 428 g/mol. The summed E-state index contributed by atoms with van der Waals surface area (Å²) in [6.07, 6.45) is 0. The molecule has 3 aromatic rings. The van der Waals surface area contributed by atoms with Gasteiger partial charge in [0.05, 0.1) is 27.7 Å². The Morgan fingerprint density at radius 1 is 1.20 bits per heavy atom. The number of hydrogen-bond acceptors (Lipinski definition) is 5. The zero-order valence-corrected chi connectivity index (χ0v) is 18.4. The molecule has 30 heavy (non-hydrogen) atoms. The second-order valence-corrected chi connectivity index (χ2v) is 9.22. The van der Waals surface area contributed by atoms with Crippen LogP contribution in [0, 0.1) is 6.92 Å². The van der Waals surface area contributed by atoms with Gasteiger partial charge < -0.3 is 10.6 Å². The average Bonchev–Trinajstić information content (AvgIpc) is 3.05. The lowest BCUT2D eigenvalue weighted by atomic mass is 10.2. The molecule has 0 saturated heterocycles. The van der Waals surface area contributed by atoms with Crippen LogP contribution in [0.5, 0.6) is 0 Å². The Hall–Kier alpha value is -2.69. The number of carbonyl (C=O) groups excluding carboxylic acids is 1. The number of sulfonamides is 1. The van der Waals surface area contributed by atoms with Crippen LogP contribution >= 0.6 is 11.6 Å². The van der Waals surface area contributed by atoms with Crippen molar-refractivity contribution in [1.82, 2.24) is 25.0 Å². The maximum absolute atomic E-state index is 12.3. The van der Waals surface area contributed by atoms with Gasteiger partial charge in [-0.3, -0.25) is 0 Å². The van der Waals surface area contributed by atoms with E-state index in [4.69, 9.17) is 11.6 Å². The Kier molecular flexibility index (Phi) is 6.59. The molecule has 0 aliphatic heterocycles. The molecule has 160 valence electrons. The minimum Gasteiger partial charge on any atom is -0.336 e. The number of benzene rings is 2. The van der Waals surface area contributed by atoms with Crippen LogP contribution in [-0.4, -0.2) is 42.0 Å². The van der Waals surface area contributed by atoms with Crippen molar-refractivity contribution in [3.63, 3.8) is 0 Å². The quantitative estimate of drug-likeness (QED) is 0.511. The number of carbonyl (C=O) groups is 1. The van der Waals surface area contributed by atoms with Gasteiger partial charge in [-0.15, -0.1) is 5.10 Å². The largest absolute Gasteiger partial charge is 0.336 e. The molecule has 0 bridgehead atoms. The molecule has 0 aliphatic rings. The number of fused-ring (bicyclic) bond motifs is 1. The second-order valence-electron chi connectivity index (χ2n) is 7.10. The second kappa shape index (κ2) is 8.99. The normalized spacial score (nSPS) is 11.8. The summed E-state index contributed by atoms with van der Waals surface area (Å²) in [5.74, 6) is 0. The van der Waals surface area contributed by atoms with Crippen LogP contribution in [0.15, 0.2) is 41.3 Å². The number of halogens is 1. The van der Waals surface area contributed by atoms with Gasteiger partial charge in [0.1, 0.15) is 5.52 Å². The highest BCUT2D eigenvalue weighted by Gasteiger charge is 2.17. The molecule has 0 radical (unpaired) electrons. The van der Waals surface area contributed by atoms with Crippen molar-refractivity contribution in [3.05, 3.63) is 47.0 Å². The molecule has 0 unspecified atom stereocenters. The highest BCUT2D eigenvalue weighted by molar-refractivity contribution is 7.89. The zero-order chi connectivity index (χ0) is 21.9. The number of amides is 2. The van der Waals surface area contributed by atoms with E-state index in [1.807, 2.05) is 13.0 Å². The Balaban J connectivity index is 1.62. The molecule has 0 spiro atoms. The summed E-state index contributed by atoms with van der Waals surface area (Å²) in [6, 6.07) is 9.39. The van der Waals surface area contributed by atoms with Gasteiger partial charge >= 0.3 is 6.03 Å². The van der Waals surface area contributed by atoms with Gasteiger partial charge in [0.15, 0.2) is 0 Å². The van der Waals surface area contributed by atoms with Crippen LogP contribution in [0.2, 0.25) is 5.02 Å². The van der Waals surface area contributed by atoms with E-state index in [0.29, 0.717) is 34.8 Å². The monoisotopic (exact) mass is 450 g/mol. The Labute approximate surface area is 179 Å². The van der Waals surface area contributed by atoms with Crippen LogP contribution in [-0.2, 0) is 16.6 Å². The molecule has 0 aliphatic carbocycles. The van der Waals surface area contributed by atoms with Crippen LogP contribution < -0.4 is 15.4 Å². The van der Waals surface area contributed by atoms with Crippen molar-refractivity contribution in [2.24, 2.45) is 0 Å². The van der Waals surface area contributed by atoms with Crippen molar-refractivity contribution in [2.75, 3.05) is 11.9 Å². The van der Waals surface area contributed by atoms with Crippen molar-refractivity contribution >= 4 is 44.4 Å². The number of nitrogens with one attached hydrogen (secondary N) is 3. The van der Waals surface area contributed by atoms with Gasteiger partial charge in [-0.05, 0) is 56.7 Å². The third kappa shape index (κ3) is 5.26. The summed E-state index contributed by atoms with van der Waals surface area (Å²) in [5.41, 5.74) is 2.65. The number of anilines is 1. The summed E-state index contributed by atoms with van der Waals surface area (Å²) < 4.78 is 28.7. The predicted octanol–water partition coefficient (Wildman–Crippen LogP) is 2.90. The molecule has 0 atom stereocenters. The number of aromatic nitrogens is 3. The topological polar surface area (TPSA) is 118 Å². The Morgan fingerprint density at radius 2 is 1.97 bits per heavy atom. The summed E-state index contributed by atoms with van der Waals surface area (Å²) in [5, 5.41) is 14.0. The van der Waals surface area contributed by atoms with Crippen molar-refractivity contribution in [2.45, 2.75) is 38.3 Å². The SMILES string of the molecule is Cc1ccc(NC(=O)NCCn2nnc3cc(S(=O)(=O)NC(C)C)ccc32)c(Cl)c1. The van der Waals surface area contributed by atoms with E-state index in [0.717, 1.165) is 5.56 Å². The van der Waals surface area contributed by atoms with Gasteiger partial charge in [-0.2, -0.15) is 0 Å². The average molecular weight is 451 g/mol. The lowest BCUT2D eigenvalue weighted by Crippen LogP contribution is -2.31. The highest BCUT2D eigenvalue weighted by atomic mass is 35.5. The fourth-order valence-corrected chi connectivity index (χ4v) is 4.38. The summed E-state index contributed by atoms with van der Waals surface area (Å²) in [6.45, 7) is 6.08. The van der Waals surface area contributed by atoms with E-state index in [9.17, 15) is 13.2 Å². The standard InChI is InChI=1S/C19H23ClN6O3S/c1-12(2)24-30(28,29)14-5-7-18-17(11-14)23-25-26(18)9-8-21-19(27)22-16-6-4-13(3)10-15(16)20/h4-7,10-12,24H,8-9H2,1-3H3,(H2,21,22,27). The third-order valence-electron chi connectivity index (χ3n) is 4.17. The van der Waals surface area contributed by atoms with Crippen molar-refractivity contribution < 1.29 is 13.2 Å². The maximum Gasteiger partial charge on any atom is 0.319 e. The smallest absolute Gasteiger partial charge is 0.319 e. The third-order valence-corrected chi connectivity index (χ3v) is 6.14. The highest BCUT2D eigenvalue weighted by Crippen LogP contribution is 2.22. The Morgan fingerprint density at radius 3 is 2.67 bits per heavy atom. The fraction of sp³-hybridized carbons (Fsp3) is 0.316. The molecule has 9 nitrogen and oxygen atoms in total. The summed E-state index contributed by atoms with van der Waals surface area (Å²) >= 11 is 6.11. The fourth-order valence-electron chi connectivity index (χ4n) is 2.83. The zero-order valence-electron chi connectivity index (χ0n) is 16.8. The molecule has 1 heterocycles. The molecular formula is C19H23ClN6O3S. The summed E-state index contributed by atoms with van der Waals surface area (Å²) in [4.78, 5) is 12.2. The van der Waals surface area contributed by atoms with Gasteiger partial charge in [0, 0.05) is 12.6 Å². The number of rotatable bonds is 7. The van der Waals surface area contributed by atoms with E-state index in [-0.39, 0.29) is 10.9 Å². The van der Waals surface area contributed by atoms with Crippen LogP contribution in [0.1, 0.15) is 19.4 Å². The molecule has 0 fully saturated rings. The lowest BCUT2D eigenvalue weighted by molar-refractivity contribution is 0.251. The molecule has 0 saturated carbocycles. The minimum absolute atomic E-state index is 0.128. The summed E-state index contributed by atoms with van der Waals surface area (Å²) in [7, 11) is -3.61.